The molecule has 13 rings (SSSR count). The number of anilines is 6. The first kappa shape index (κ1) is 42.8. The molecule has 0 atom stereocenters. The van der Waals surface area contributed by atoms with Crippen LogP contribution in [-0.2, 0) is 0 Å². The van der Waals surface area contributed by atoms with Gasteiger partial charge < -0.3 is 9.80 Å². The Morgan fingerprint density at radius 2 is 0.486 bits per heavy atom. The summed E-state index contributed by atoms with van der Waals surface area (Å²) in [5.74, 6) is 0. The number of hydrogen-bond acceptors (Lipinski definition) is 2. The predicted molar refractivity (Wildman–Crippen MR) is 306 cm³/mol. The highest BCUT2D eigenvalue weighted by molar-refractivity contribution is 6.33. The van der Waals surface area contributed by atoms with Crippen LogP contribution in [0.3, 0.4) is 0 Å². The van der Waals surface area contributed by atoms with Gasteiger partial charge in [-0.25, -0.2) is 0 Å². The van der Waals surface area contributed by atoms with E-state index in [1.165, 1.54) is 105 Å². The number of benzene rings is 12. The standard InChI is InChI=1S/C70H50N2/c1-47-25-24-26-48(2)70(47)72(55-39-22-9-23-40-55)57-42-44-59-61(46-57)65(52-33-16-6-17-34-52)69-67(63(59)50-29-12-4-13-30-50)66-62(49-27-10-3-11-28-49)58-43-41-56(45-60(58)64(68(66)69)51-31-14-5-15-32-51)71(53-35-18-7-19-36-53)54-37-20-8-21-38-54/h3-46H,1-2H3. The maximum atomic E-state index is 2.47. The van der Waals surface area contributed by atoms with Crippen molar-refractivity contribution in [3.63, 3.8) is 0 Å². The summed E-state index contributed by atoms with van der Waals surface area (Å²) < 4.78 is 0. The number of para-hydroxylation sites is 4. The van der Waals surface area contributed by atoms with Crippen LogP contribution in [0.2, 0.25) is 0 Å². The molecule has 1 aliphatic carbocycles. The Balaban J connectivity index is 1.20. The van der Waals surface area contributed by atoms with E-state index in [0.717, 1.165) is 28.4 Å². The molecule has 0 radical (unpaired) electrons. The van der Waals surface area contributed by atoms with E-state index >= 15 is 0 Å². The third-order valence-corrected chi connectivity index (χ3v) is 14.6. The van der Waals surface area contributed by atoms with E-state index < -0.39 is 0 Å². The Morgan fingerprint density at radius 3 is 0.819 bits per heavy atom. The molecule has 0 saturated heterocycles. The first-order valence-corrected chi connectivity index (χ1v) is 24.9. The number of nitrogens with zero attached hydrogens (tertiary/aromatic N) is 2. The highest BCUT2D eigenvalue weighted by Crippen LogP contribution is 2.66. The first-order valence-electron chi connectivity index (χ1n) is 24.9. The van der Waals surface area contributed by atoms with Crippen LogP contribution in [0, 0.1) is 13.8 Å². The van der Waals surface area contributed by atoms with Crippen LogP contribution in [0.4, 0.5) is 34.1 Å². The molecular weight excluding hydrogens is 869 g/mol. The zero-order valence-corrected chi connectivity index (χ0v) is 40.3. The van der Waals surface area contributed by atoms with Gasteiger partial charge in [0, 0.05) is 28.4 Å². The van der Waals surface area contributed by atoms with Crippen molar-refractivity contribution in [2.24, 2.45) is 0 Å². The molecule has 2 heteroatoms. The topological polar surface area (TPSA) is 6.48 Å². The third kappa shape index (κ3) is 7.10. The number of aryl methyl sites for hydroxylation is 2. The molecule has 0 aromatic heterocycles. The fourth-order valence-corrected chi connectivity index (χ4v) is 11.5. The third-order valence-electron chi connectivity index (χ3n) is 14.6. The molecule has 12 aromatic rings. The van der Waals surface area contributed by atoms with Gasteiger partial charge in [-0.2, -0.15) is 0 Å². The lowest BCUT2D eigenvalue weighted by atomic mass is 9.65. The second kappa shape index (κ2) is 17.9. The van der Waals surface area contributed by atoms with Crippen molar-refractivity contribution in [1.29, 1.82) is 0 Å². The summed E-state index contributed by atoms with van der Waals surface area (Å²) in [6.07, 6.45) is 0. The Kier molecular flexibility index (Phi) is 10.7. The monoisotopic (exact) mass is 918 g/mol. The Bertz CT molecular complexity index is 3890. The van der Waals surface area contributed by atoms with Gasteiger partial charge in [-0.1, -0.05) is 206 Å². The van der Waals surface area contributed by atoms with E-state index in [-0.39, 0.29) is 0 Å². The van der Waals surface area contributed by atoms with Crippen LogP contribution >= 0.6 is 0 Å². The molecule has 12 aromatic carbocycles. The lowest BCUT2D eigenvalue weighted by Crippen LogP contribution is -2.13. The number of rotatable bonds is 10. The maximum Gasteiger partial charge on any atom is 0.0519 e. The summed E-state index contributed by atoms with van der Waals surface area (Å²) in [6, 6.07) is 97.8. The summed E-state index contributed by atoms with van der Waals surface area (Å²) in [6.45, 7) is 4.46. The number of fused-ring (bicyclic) bond motifs is 6. The van der Waals surface area contributed by atoms with Crippen LogP contribution in [0.25, 0.3) is 88.3 Å². The van der Waals surface area contributed by atoms with E-state index in [1.807, 2.05) is 0 Å². The maximum absolute atomic E-state index is 2.47. The van der Waals surface area contributed by atoms with Gasteiger partial charge in [0.25, 0.3) is 0 Å². The second-order valence-corrected chi connectivity index (χ2v) is 18.8. The lowest BCUT2D eigenvalue weighted by Gasteiger charge is -2.38. The van der Waals surface area contributed by atoms with Crippen molar-refractivity contribution in [3.8, 4) is 66.8 Å². The Labute approximate surface area is 422 Å². The minimum Gasteiger partial charge on any atom is -0.310 e. The molecule has 72 heavy (non-hydrogen) atoms. The second-order valence-electron chi connectivity index (χ2n) is 18.8. The van der Waals surface area contributed by atoms with Gasteiger partial charge in [0.2, 0.25) is 0 Å². The zero-order valence-electron chi connectivity index (χ0n) is 40.3. The largest absolute Gasteiger partial charge is 0.310 e. The summed E-state index contributed by atoms with van der Waals surface area (Å²) in [7, 11) is 0. The molecule has 0 aliphatic heterocycles. The Morgan fingerprint density at radius 1 is 0.208 bits per heavy atom. The van der Waals surface area contributed by atoms with Gasteiger partial charge in [0.15, 0.2) is 0 Å². The molecule has 0 heterocycles. The smallest absolute Gasteiger partial charge is 0.0519 e. The van der Waals surface area contributed by atoms with Crippen molar-refractivity contribution in [2.45, 2.75) is 13.8 Å². The van der Waals surface area contributed by atoms with Crippen LogP contribution in [0.15, 0.2) is 267 Å². The van der Waals surface area contributed by atoms with E-state index in [2.05, 4.69) is 291 Å². The fourth-order valence-electron chi connectivity index (χ4n) is 11.5. The average molecular weight is 919 g/mol. The molecule has 0 amide bonds. The van der Waals surface area contributed by atoms with E-state index in [4.69, 9.17) is 0 Å². The van der Waals surface area contributed by atoms with Crippen LogP contribution in [0.5, 0.6) is 0 Å². The summed E-state index contributed by atoms with van der Waals surface area (Å²) in [5.41, 5.74) is 24.1. The molecule has 1 aliphatic rings. The molecule has 0 unspecified atom stereocenters. The summed E-state index contributed by atoms with van der Waals surface area (Å²) >= 11 is 0. The number of hydrogen-bond donors (Lipinski definition) is 0. The fraction of sp³-hybridized carbons (Fsp3) is 0.0286. The molecule has 0 fully saturated rings. The minimum absolute atomic E-state index is 1.10. The van der Waals surface area contributed by atoms with Crippen LogP contribution in [-0.4, -0.2) is 0 Å². The predicted octanol–water partition coefficient (Wildman–Crippen LogP) is 19.9. The van der Waals surface area contributed by atoms with E-state index in [0.29, 0.717) is 0 Å². The van der Waals surface area contributed by atoms with Crippen molar-refractivity contribution < 1.29 is 0 Å². The quantitative estimate of drug-likeness (QED) is 0.135. The lowest BCUT2D eigenvalue weighted by molar-refractivity contribution is 1.22. The highest BCUT2D eigenvalue weighted by atomic mass is 15.1. The molecule has 0 bridgehead atoms. The SMILES string of the molecule is Cc1cccc(C)c1N(c1ccccc1)c1ccc2c(-c3ccccc3)c3c(c(-c4ccccc4)c2c1)-c1c-3c(-c2ccccc2)c2ccc(N(c3ccccc3)c3ccccc3)cc2c1-c1ccccc1. The van der Waals surface area contributed by atoms with Gasteiger partial charge in [-0.05, 0) is 174 Å². The molecule has 2 nitrogen and oxygen atoms in total. The van der Waals surface area contributed by atoms with Crippen molar-refractivity contribution >= 4 is 55.7 Å². The Hall–Kier alpha value is -9.24. The molecule has 0 saturated carbocycles. The average Bonchev–Trinajstić information content (AvgIpc) is 3.45. The zero-order chi connectivity index (χ0) is 48.1. The van der Waals surface area contributed by atoms with Crippen LogP contribution in [0.1, 0.15) is 11.1 Å². The van der Waals surface area contributed by atoms with E-state index in [9.17, 15) is 0 Å². The van der Waals surface area contributed by atoms with Gasteiger partial charge in [-0.3, -0.25) is 0 Å². The molecule has 0 spiro atoms. The van der Waals surface area contributed by atoms with Crippen molar-refractivity contribution in [2.75, 3.05) is 9.80 Å². The van der Waals surface area contributed by atoms with Gasteiger partial charge in [0.05, 0.1) is 5.69 Å². The van der Waals surface area contributed by atoms with Crippen molar-refractivity contribution in [3.05, 3.63) is 278 Å². The molecule has 0 N–H and O–H groups in total. The molecular formula is C70H50N2. The summed E-state index contributed by atoms with van der Waals surface area (Å²) in [5, 5.41) is 4.86. The first-order chi connectivity index (χ1) is 35.6. The van der Waals surface area contributed by atoms with Crippen LogP contribution < -0.4 is 9.80 Å². The normalized spacial score (nSPS) is 11.5. The van der Waals surface area contributed by atoms with Gasteiger partial charge in [-0.15, -0.1) is 0 Å². The van der Waals surface area contributed by atoms with Gasteiger partial charge >= 0.3 is 0 Å². The van der Waals surface area contributed by atoms with E-state index in [1.54, 1.807) is 0 Å². The highest BCUT2D eigenvalue weighted by Gasteiger charge is 2.39. The summed E-state index contributed by atoms with van der Waals surface area (Å²) in [4.78, 5) is 4.84. The molecule has 340 valence electrons. The minimum atomic E-state index is 1.10. The van der Waals surface area contributed by atoms with Gasteiger partial charge in [0.1, 0.15) is 0 Å². The van der Waals surface area contributed by atoms with Crippen molar-refractivity contribution in [1.82, 2.24) is 0 Å².